The summed E-state index contributed by atoms with van der Waals surface area (Å²) in [5.74, 6) is 0. The predicted molar refractivity (Wildman–Crippen MR) is 68.2 cm³/mol. The number of hydrogen-bond acceptors (Lipinski definition) is 2. The first-order valence-electron chi connectivity index (χ1n) is 5.81. The van der Waals surface area contributed by atoms with E-state index in [1.165, 1.54) is 16.7 Å². The molecule has 0 fully saturated rings. The molecule has 3 atom stereocenters. The summed E-state index contributed by atoms with van der Waals surface area (Å²) in [6.45, 7) is 9.24. The Bertz CT molecular complexity index is 442. The summed E-state index contributed by atoms with van der Waals surface area (Å²) in [6.07, 6.45) is 0. The molecule has 0 bridgehead atoms. The summed E-state index contributed by atoms with van der Waals surface area (Å²) in [6, 6.07) is 4.55. The highest BCUT2D eigenvalue weighted by molar-refractivity contribution is 7.86. The van der Waals surface area contributed by atoms with Gasteiger partial charge in [-0.25, -0.2) is 0 Å². The first-order valence-corrected chi connectivity index (χ1v) is 7.02. The second kappa shape index (κ2) is 4.30. The number of hydrogen-bond donors (Lipinski definition) is 1. The fraction of sp³-hybridized carbons (Fsp3) is 0.538. The van der Waals surface area contributed by atoms with Crippen LogP contribution < -0.4 is 5.32 Å². The van der Waals surface area contributed by atoms with Crippen LogP contribution in [0.25, 0.3) is 0 Å². The Hall–Kier alpha value is -0.670. The molecule has 1 N–H and O–H groups in total. The van der Waals surface area contributed by atoms with E-state index in [0.717, 1.165) is 11.4 Å². The van der Waals surface area contributed by atoms with Gasteiger partial charge in [-0.1, -0.05) is 24.6 Å². The third-order valence-corrected chi connectivity index (χ3v) is 5.12. The van der Waals surface area contributed by atoms with Gasteiger partial charge in [-0.05, 0) is 38.4 Å². The largest absolute Gasteiger partial charge is 0.309 e. The van der Waals surface area contributed by atoms with E-state index < -0.39 is 10.8 Å². The number of aryl methyl sites for hydroxylation is 2. The Balaban J connectivity index is 2.56. The minimum atomic E-state index is -0.856. The van der Waals surface area contributed by atoms with Gasteiger partial charge in [-0.2, -0.15) is 0 Å². The quantitative estimate of drug-likeness (QED) is 0.856. The number of benzene rings is 1. The van der Waals surface area contributed by atoms with Crippen LogP contribution in [0.5, 0.6) is 0 Å². The van der Waals surface area contributed by atoms with Crippen molar-refractivity contribution in [2.75, 3.05) is 6.54 Å². The molecule has 0 aliphatic carbocycles. The van der Waals surface area contributed by atoms with Crippen molar-refractivity contribution in [2.24, 2.45) is 0 Å². The molecular formula is C13H19NOS. The molecule has 0 saturated carbocycles. The van der Waals surface area contributed by atoms with Crippen molar-refractivity contribution in [2.45, 2.75) is 43.9 Å². The van der Waals surface area contributed by atoms with Crippen molar-refractivity contribution in [1.29, 1.82) is 0 Å². The van der Waals surface area contributed by atoms with Gasteiger partial charge in [0.1, 0.15) is 0 Å². The van der Waals surface area contributed by atoms with Gasteiger partial charge in [-0.3, -0.25) is 4.21 Å². The highest BCUT2D eigenvalue weighted by atomic mass is 32.2. The molecule has 3 unspecified atom stereocenters. The molecule has 0 amide bonds. The van der Waals surface area contributed by atoms with Gasteiger partial charge in [0, 0.05) is 10.9 Å². The maximum atomic E-state index is 12.3. The highest BCUT2D eigenvalue weighted by Crippen LogP contribution is 2.38. The average Bonchev–Trinajstić information content (AvgIpc) is 2.44. The van der Waals surface area contributed by atoms with Gasteiger partial charge < -0.3 is 5.32 Å². The second-order valence-corrected chi connectivity index (χ2v) is 6.28. The van der Waals surface area contributed by atoms with Gasteiger partial charge in [0.05, 0.1) is 16.0 Å². The predicted octanol–water partition coefficient (Wildman–Crippen LogP) is 2.46. The molecule has 1 aromatic rings. The van der Waals surface area contributed by atoms with Crippen molar-refractivity contribution in [3.8, 4) is 0 Å². The van der Waals surface area contributed by atoms with E-state index in [4.69, 9.17) is 0 Å². The van der Waals surface area contributed by atoms with Crippen LogP contribution >= 0.6 is 0 Å². The van der Waals surface area contributed by atoms with E-state index in [-0.39, 0.29) is 11.3 Å². The molecule has 2 nitrogen and oxygen atoms in total. The molecule has 1 aliphatic rings. The number of rotatable bonds is 2. The van der Waals surface area contributed by atoms with Crippen molar-refractivity contribution in [3.63, 3.8) is 0 Å². The summed E-state index contributed by atoms with van der Waals surface area (Å²) in [5.41, 5.74) is 3.66. The first kappa shape index (κ1) is 11.8. The van der Waals surface area contributed by atoms with E-state index in [2.05, 4.69) is 45.1 Å². The fourth-order valence-electron chi connectivity index (χ4n) is 2.55. The third-order valence-electron chi connectivity index (χ3n) is 3.22. The minimum Gasteiger partial charge on any atom is -0.309 e. The minimum absolute atomic E-state index is 0.176. The fourth-order valence-corrected chi connectivity index (χ4v) is 4.21. The molecule has 1 aliphatic heterocycles. The second-order valence-electron chi connectivity index (χ2n) is 4.54. The van der Waals surface area contributed by atoms with Crippen LogP contribution in [0.2, 0.25) is 0 Å². The molecule has 0 spiro atoms. The van der Waals surface area contributed by atoms with Crippen molar-refractivity contribution >= 4 is 10.8 Å². The van der Waals surface area contributed by atoms with Crippen LogP contribution in [0.15, 0.2) is 17.0 Å². The lowest BCUT2D eigenvalue weighted by Gasteiger charge is -2.16. The standard InChI is InChI=1S/C13H19NOS/c1-5-14-12-10(4)16(15)13-9(3)6-8(2)7-11(12)13/h6-7,10,12,14H,5H2,1-4H3. The lowest BCUT2D eigenvalue weighted by molar-refractivity contribution is 0.546. The van der Waals surface area contributed by atoms with E-state index in [1.807, 2.05) is 0 Å². The molecule has 88 valence electrons. The maximum Gasteiger partial charge on any atom is 0.0583 e. The third kappa shape index (κ3) is 1.72. The van der Waals surface area contributed by atoms with E-state index in [1.54, 1.807) is 0 Å². The van der Waals surface area contributed by atoms with Crippen LogP contribution in [-0.4, -0.2) is 16.0 Å². The lowest BCUT2D eigenvalue weighted by atomic mass is 10.00. The van der Waals surface area contributed by atoms with Crippen LogP contribution in [0.1, 0.15) is 36.6 Å². The molecule has 0 radical (unpaired) electrons. The molecule has 16 heavy (non-hydrogen) atoms. The molecule has 2 rings (SSSR count). The highest BCUT2D eigenvalue weighted by Gasteiger charge is 2.36. The maximum absolute atomic E-state index is 12.3. The normalized spacial score (nSPS) is 28.1. The van der Waals surface area contributed by atoms with Crippen LogP contribution in [-0.2, 0) is 10.8 Å². The van der Waals surface area contributed by atoms with Gasteiger partial charge in [0.25, 0.3) is 0 Å². The van der Waals surface area contributed by atoms with Crippen LogP contribution in [0.3, 0.4) is 0 Å². The van der Waals surface area contributed by atoms with Gasteiger partial charge in [0.2, 0.25) is 0 Å². The molecule has 1 aromatic carbocycles. The molecule has 3 heteroatoms. The molecule has 0 saturated heterocycles. The summed E-state index contributed by atoms with van der Waals surface area (Å²) in [4.78, 5) is 1.06. The zero-order valence-corrected chi connectivity index (χ0v) is 11.1. The van der Waals surface area contributed by atoms with Gasteiger partial charge in [-0.15, -0.1) is 0 Å². The first-order chi connectivity index (χ1) is 7.56. The molecule has 0 aromatic heterocycles. The Kier molecular flexibility index (Phi) is 3.17. The monoisotopic (exact) mass is 237 g/mol. The zero-order chi connectivity index (χ0) is 11.9. The summed E-state index contributed by atoms with van der Waals surface area (Å²) in [5, 5.41) is 3.62. The van der Waals surface area contributed by atoms with E-state index in [0.29, 0.717) is 0 Å². The lowest BCUT2D eigenvalue weighted by Crippen LogP contribution is -2.27. The van der Waals surface area contributed by atoms with Crippen molar-refractivity contribution in [3.05, 3.63) is 28.8 Å². The van der Waals surface area contributed by atoms with E-state index in [9.17, 15) is 4.21 Å². The van der Waals surface area contributed by atoms with Crippen molar-refractivity contribution in [1.82, 2.24) is 5.32 Å². The van der Waals surface area contributed by atoms with Gasteiger partial charge >= 0.3 is 0 Å². The van der Waals surface area contributed by atoms with Gasteiger partial charge in [0.15, 0.2) is 0 Å². The SMILES string of the molecule is CCNC1c2cc(C)cc(C)c2S(=O)C1C. The summed E-state index contributed by atoms with van der Waals surface area (Å²) >= 11 is 0. The van der Waals surface area contributed by atoms with E-state index >= 15 is 0 Å². The van der Waals surface area contributed by atoms with Crippen molar-refractivity contribution < 1.29 is 4.21 Å². The Morgan fingerprint density at radius 2 is 2.06 bits per heavy atom. The smallest absolute Gasteiger partial charge is 0.0583 e. The van der Waals surface area contributed by atoms with Crippen LogP contribution in [0, 0.1) is 13.8 Å². The average molecular weight is 237 g/mol. The molecular weight excluding hydrogens is 218 g/mol. The number of fused-ring (bicyclic) bond motifs is 1. The Labute approximate surface area is 99.9 Å². The Morgan fingerprint density at radius 3 is 2.69 bits per heavy atom. The summed E-state index contributed by atoms with van der Waals surface area (Å²) in [7, 11) is -0.856. The topological polar surface area (TPSA) is 29.1 Å². The number of nitrogens with one attached hydrogen (secondary N) is 1. The van der Waals surface area contributed by atoms with Crippen LogP contribution in [0.4, 0.5) is 0 Å². The molecule has 1 heterocycles. The Morgan fingerprint density at radius 1 is 1.38 bits per heavy atom. The summed E-state index contributed by atoms with van der Waals surface area (Å²) < 4.78 is 12.3. The zero-order valence-electron chi connectivity index (χ0n) is 10.3.